The number of allylic oxidation sites excluding steroid dienone is 1. The Hall–Kier alpha value is -3.07. The molecule has 5 rings (SSSR count). The first-order valence-electron chi connectivity index (χ1n) is 12.5. The third-order valence-electron chi connectivity index (χ3n) is 7.11. The predicted octanol–water partition coefficient (Wildman–Crippen LogP) is 6.18. The molecule has 6 nitrogen and oxygen atoms in total. The van der Waals surface area contributed by atoms with Crippen molar-refractivity contribution >= 4 is 45.0 Å². The minimum Gasteiger partial charge on any atom is -0.497 e. The maximum absolute atomic E-state index is 14.4. The first kappa shape index (κ1) is 27.5. The second-order valence-electron chi connectivity index (χ2n) is 9.37. The van der Waals surface area contributed by atoms with Crippen molar-refractivity contribution in [1.29, 1.82) is 0 Å². The van der Waals surface area contributed by atoms with Crippen LogP contribution in [0.4, 0.5) is 0 Å². The Bertz CT molecular complexity index is 1520. The SMILES string of the molecule is CCOC(=O)[C@H]1[C@H](c2ccc(OC)cc2)C2=C(C[C@@H](c3ccccc3)S2)[C@H](C(=O)c2ccc(Cl)cc2)S1(=O)=O. The van der Waals surface area contributed by atoms with Crippen LogP contribution >= 0.6 is 23.4 Å². The molecule has 0 amide bonds. The van der Waals surface area contributed by atoms with E-state index in [1.54, 1.807) is 50.4 Å². The van der Waals surface area contributed by atoms with E-state index in [0.717, 1.165) is 10.5 Å². The zero-order valence-corrected chi connectivity index (χ0v) is 23.8. The Morgan fingerprint density at radius 3 is 2.23 bits per heavy atom. The third-order valence-corrected chi connectivity index (χ3v) is 11.2. The second kappa shape index (κ2) is 11.2. The van der Waals surface area contributed by atoms with Crippen LogP contribution in [0.25, 0.3) is 0 Å². The van der Waals surface area contributed by atoms with Gasteiger partial charge in [0.15, 0.2) is 20.9 Å². The molecule has 3 aromatic rings. The predicted molar refractivity (Wildman–Crippen MR) is 153 cm³/mol. The largest absolute Gasteiger partial charge is 0.497 e. The molecular formula is C30H27ClO6S2. The molecule has 0 unspecified atom stereocenters. The summed E-state index contributed by atoms with van der Waals surface area (Å²) in [7, 11) is -2.83. The summed E-state index contributed by atoms with van der Waals surface area (Å²) in [5.41, 5.74) is 2.42. The van der Waals surface area contributed by atoms with Crippen molar-refractivity contribution < 1.29 is 27.5 Å². The van der Waals surface area contributed by atoms with E-state index in [1.807, 2.05) is 30.3 Å². The van der Waals surface area contributed by atoms with Gasteiger partial charge in [0.05, 0.1) is 13.7 Å². The van der Waals surface area contributed by atoms with Crippen LogP contribution < -0.4 is 4.74 Å². The highest BCUT2D eigenvalue weighted by molar-refractivity contribution is 8.04. The molecule has 202 valence electrons. The molecule has 4 atom stereocenters. The Labute approximate surface area is 237 Å². The highest BCUT2D eigenvalue weighted by Gasteiger charge is 2.57. The summed E-state index contributed by atoms with van der Waals surface area (Å²) >= 11 is 7.55. The van der Waals surface area contributed by atoms with E-state index in [4.69, 9.17) is 21.1 Å². The van der Waals surface area contributed by atoms with E-state index in [1.165, 1.54) is 23.9 Å². The van der Waals surface area contributed by atoms with Gasteiger partial charge < -0.3 is 9.47 Å². The smallest absolute Gasteiger partial charge is 0.325 e. The van der Waals surface area contributed by atoms with Gasteiger partial charge >= 0.3 is 5.97 Å². The summed E-state index contributed by atoms with van der Waals surface area (Å²) in [6.45, 7) is 1.65. The molecule has 39 heavy (non-hydrogen) atoms. The maximum Gasteiger partial charge on any atom is 0.325 e. The number of Topliss-reactive ketones (excluding diaryl/α,β-unsaturated/α-hetero) is 1. The average Bonchev–Trinajstić information content (AvgIpc) is 3.37. The normalized spacial score (nSPS) is 23.7. The van der Waals surface area contributed by atoms with Crippen molar-refractivity contribution in [2.75, 3.05) is 13.7 Å². The highest BCUT2D eigenvalue weighted by atomic mass is 35.5. The van der Waals surface area contributed by atoms with Crippen LogP contribution in [0.5, 0.6) is 5.75 Å². The van der Waals surface area contributed by atoms with Crippen molar-refractivity contribution in [3.8, 4) is 5.75 Å². The number of hydrogen-bond donors (Lipinski definition) is 0. The molecule has 0 saturated heterocycles. The molecule has 0 aliphatic carbocycles. The lowest BCUT2D eigenvalue weighted by Crippen LogP contribution is -2.49. The van der Waals surface area contributed by atoms with Crippen LogP contribution in [-0.2, 0) is 19.4 Å². The molecule has 2 aliphatic rings. The van der Waals surface area contributed by atoms with Crippen molar-refractivity contribution in [1.82, 2.24) is 0 Å². The molecule has 3 aromatic carbocycles. The van der Waals surface area contributed by atoms with Gasteiger partial charge in [-0.2, -0.15) is 0 Å². The van der Waals surface area contributed by atoms with Crippen LogP contribution in [0, 0.1) is 0 Å². The lowest BCUT2D eigenvalue weighted by molar-refractivity contribution is -0.142. The van der Waals surface area contributed by atoms with Gasteiger partial charge in [0.1, 0.15) is 11.0 Å². The minimum atomic E-state index is -4.38. The number of carbonyl (C=O) groups excluding carboxylic acids is 2. The number of halogens is 1. The van der Waals surface area contributed by atoms with Crippen molar-refractivity contribution in [2.45, 2.75) is 35.0 Å². The number of thioether (sulfide) groups is 1. The Balaban J connectivity index is 1.71. The van der Waals surface area contributed by atoms with Gasteiger partial charge in [-0.3, -0.25) is 9.59 Å². The monoisotopic (exact) mass is 582 g/mol. The van der Waals surface area contributed by atoms with Crippen LogP contribution in [-0.4, -0.2) is 44.4 Å². The lowest BCUT2D eigenvalue weighted by Gasteiger charge is -2.35. The number of hydrogen-bond acceptors (Lipinski definition) is 7. The summed E-state index contributed by atoms with van der Waals surface area (Å²) in [5, 5.41) is -2.75. The fourth-order valence-electron chi connectivity index (χ4n) is 5.31. The summed E-state index contributed by atoms with van der Waals surface area (Å²) in [6.07, 6.45) is 0.370. The first-order chi connectivity index (χ1) is 18.8. The number of sulfone groups is 1. The van der Waals surface area contributed by atoms with E-state index in [-0.39, 0.29) is 17.4 Å². The van der Waals surface area contributed by atoms with E-state index < -0.39 is 38.0 Å². The topological polar surface area (TPSA) is 86.7 Å². The van der Waals surface area contributed by atoms with Crippen LogP contribution in [0.15, 0.2) is 89.3 Å². The Kier molecular flexibility index (Phi) is 7.89. The molecule has 0 aromatic heterocycles. The third kappa shape index (κ3) is 5.13. The van der Waals surface area contributed by atoms with Gasteiger partial charge in [0, 0.05) is 21.8 Å². The van der Waals surface area contributed by atoms with Gasteiger partial charge in [-0.05, 0) is 71.3 Å². The van der Waals surface area contributed by atoms with Gasteiger partial charge in [-0.15, -0.1) is 11.8 Å². The molecule has 2 heterocycles. The number of ether oxygens (including phenoxy) is 2. The van der Waals surface area contributed by atoms with Gasteiger partial charge in [-0.25, -0.2) is 8.42 Å². The minimum absolute atomic E-state index is 0.0155. The van der Waals surface area contributed by atoms with Crippen LogP contribution in [0.3, 0.4) is 0 Å². The number of ketones is 1. The van der Waals surface area contributed by atoms with Crippen molar-refractivity contribution in [3.63, 3.8) is 0 Å². The molecule has 2 aliphatic heterocycles. The molecule has 0 radical (unpaired) electrons. The summed E-state index contributed by atoms with van der Waals surface area (Å²) in [6, 6.07) is 22.9. The fraction of sp³-hybridized carbons (Fsp3) is 0.267. The second-order valence-corrected chi connectivity index (χ2v) is 13.2. The number of rotatable bonds is 7. The fourth-order valence-corrected chi connectivity index (χ4v) is 9.59. The number of benzene rings is 3. The van der Waals surface area contributed by atoms with Crippen molar-refractivity contribution in [2.24, 2.45) is 0 Å². The van der Waals surface area contributed by atoms with Gasteiger partial charge in [0.2, 0.25) is 0 Å². The molecule has 0 fully saturated rings. The van der Waals surface area contributed by atoms with Crippen LogP contribution in [0.2, 0.25) is 5.02 Å². The Morgan fingerprint density at radius 1 is 0.949 bits per heavy atom. The zero-order valence-electron chi connectivity index (χ0n) is 21.4. The number of methoxy groups -OCH3 is 1. The zero-order chi connectivity index (χ0) is 27.7. The molecule has 0 bridgehead atoms. The van der Waals surface area contributed by atoms with E-state index in [2.05, 4.69) is 0 Å². The van der Waals surface area contributed by atoms with Gasteiger partial charge in [0.25, 0.3) is 0 Å². The van der Waals surface area contributed by atoms with E-state index in [9.17, 15) is 18.0 Å². The maximum atomic E-state index is 14.4. The quantitative estimate of drug-likeness (QED) is 0.243. The van der Waals surface area contributed by atoms with Crippen molar-refractivity contribution in [3.05, 3.63) is 111 Å². The molecule has 9 heteroatoms. The first-order valence-corrected chi connectivity index (χ1v) is 15.4. The molecular weight excluding hydrogens is 556 g/mol. The molecule has 0 saturated carbocycles. The summed E-state index contributed by atoms with van der Waals surface area (Å²) < 4.78 is 39.4. The number of carbonyl (C=O) groups is 2. The van der Waals surface area contributed by atoms with E-state index >= 15 is 0 Å². The lowest BCUT2D eigenvalue weighted by atomic mass is 9.87. The Morgan fingerprint density at radius 2 is 1.62 bits per heavy atom. The highest BCUT2D eigenvalue weighted by Crippen LogP contribution is 2.59. The van der Waals surface area contributed by atoms with E-state index in [0.29, 0.717) is 28.3 Å². The van der Waals surface area contributed by atoms with Gasteiger partial charge in [-0.1, -0.05) is 54.1 Å². The average molecular weight is 583 g/mol. The summed E-state index contributed by atoms with van der Waals surface area (Å²) in [4.78, 5) is 28.1. The molecule has 0 N–H and O–H groups in total. The number of esters is 1. The molecule has 0 spiro atoms. The standard InChI is InChI=1S/C30H27ClO6S2/c1-3-37-30(33)29-25(19-11-15-22(36-2)16-12-19)27-23(17-24(38-27)18-7-5-4-6-8-18)28(39(29,34)35)26(32)20-9-13-21(31)14-10-20/h4-16,24-25,28-29H,3,17H2,1-2H3/t24-,25+,28+,29+/m0/s1. The summed E-state index contributed by atoms with van der Waals surface area (Å²) in [5.74, 6) is -1.64. The van der Waals surface area contributed by atoms with Crippen LogP contribution in [0.1, 0.15) is 46.0 Å².